The van der Waals surface area contributed by atoms with E-state index in [0.717, 1.165) is 0 Å². The molecule has 4 atom stereocenters. The van der Waals surface area contributed by atoms with Gasteiger partial charge in [0, 0.05) is 0 Å². The molecule has 1 fully saturated rings. The zero-order valence-corrected chi connectivity index (χ0v) is 14.4. The highest BCUT2D eigenvalue weighted by Crippen LogP contribution is 2.25. The van der Waals surface area contributed by atoms with Crippen molar-refractivity contribution >= 4 is 11.9 Å². The highest BCUT2D eigenvalue weighted by molar-refractivity contribution is 5.90. The zero-order chi connectivity index (χ0) is 19.2. The van der Waals surface area contributed by atoms with E-state index >= 15 is 0 Å². The molecular formula is C20H20O7. The summed E-state index contributed by atoms with van der Waals surface area (Å²) < 4.78 is 16.1. The fourth-order valence-electron chi connectivity index (χ4n) is 2.83. The Kier molecular flexibility index (Phi) is 6.18. The molecule has 1 aliphatic heterocycles. The van der Waals surface area contributed by atoms with Crippen LogP contribution in [-0.4, -0.2) is 59.8 Å². The Hall–Kier alpha value is -2.74. The third kappa shape index (κ3) is 4.51. The smallest absolute Gasteiger partial charge is 0.338 e. The molecule has 7 heteroatoms. The molecule has 1 saturated heterocycles. The molecule has 3 rings (SSSR count). The second-order valence-electron chi connectivity index (χ2n) is 6.09. The second kappa shape index (κ2) is 8.77. The van der Waals surface area contributed by atoms with Crippen molar-refractivity contribution in [3.8, 4) is 0 Å². The number of esters is 2. The van der Waals surface area contributed by atoms with Gasteiger partial charge in [-0.15, -0.1) is 0 Å². The van der Waals surface area contributed by atoms with Gasteiger partial charge in [0.05, 0.1) is 17.7 Å². The van der Waals surface area contributed by atoms with Gasteiger partial charge in [0.15, 0.2) is 6.10 Å². The van der Waals surface area contributed by atoms with Gasteiger partial charge in [0.1, 0.15) is 24.9 Å². The number of ether oxygens (including phenoxy) is 3. The SMILES string of the molecule is O=C(OC[C@H]1O[C@@H](CO)[C@@H](O)[C@@H]1OC(=O)c1ccccc1)c1ccccc1. The minimum atomic E-state index is -1.23. The maximum absolute atomic E-state index is 12.3. The van der Waals surface area contributed by atoms with Crippen molar-refractivity contribution in [1.29, 1.82) is 0 Å². The molecule has 0 bridgehead atoms. The van der Waals surface area contributed by atoms with Crippen LogP contribution >= 0.6 is 0 Å². The molecule has 0 aliphatic carbocycles. The molecule has 7 nitrogen and oxygen atoms in total. The summed E-state index contributed by atoms with van der Waals surface area (Å²) in [5.74, 6) is -1.20. The maximum atomic E-state index is 12.3. The number of rotatable bonds is 6. The molecule has 0 spiro atoms. The van der Waals surface area contributed by atoms with Crippen LogP contribution in [0, 0.1) is 0 Å². The summed E-state index contributed by atoms with van der Waals surface area (Å²) in [6.45, 7) is -0.683. The van der Waals surface area contributed by atoms with Crippen molar-refractivity contribution < 1.29 is 34.0 Å². The third-order valence-electron chi connectivity index (χ3n) is 4.25. The Bertz CT molecular complexity index is 762. The summed E-state index contributed by atoms with van der Waals surface area (Å²) in [6.07, 6.45) is -4.13. The van der Waals surface area contributed by atoms with Crippen LogP contribution in [0.4, 0.5) is 0 Å². The number of carbonyl (C=O) groups is 2. The van der Waals surface area contributed by atoms with E-state index in [1.54, 1.807) is 60.7 Å². The zero-order valence-electron chi connectivity index (χ0n) is 14.4. The molecule has 1 heterocycles. The van der Waals surface area contributed by atoms with Crippen molar-refractivity contribution in [1.82, 2.24) is 0 Å². The molecule has 2 aromatic rings. The molecule has 0 amide bonds. The van der Waals surface area contributed by atoms with Gasteiger partial charge in [0.25, 0.3) is 0 Å². The Morgan fingerprint density at radius 3 is 2.00 bits per heavy atom. The van der Waals surface area contributed by atoms with E-state index in [0.29, 0.717) is 11.1 Å². The van der Waals surface area contributed by atoms with Gasteiger partial charge in [-0.25, -0.2) is 9.59 Å². The Balaban J connectivity index is 1.66. The van der Waals surface area contributed by atoms with Crippen molar-refractivity contribution in [3.05, 3.63) is 71.8 Å². The largest absolute Gasteiger partial charge is 0.459 e. The van der Waals surface area contributed by atoms with Crippen molar-refractivity contribution in [2.24, 2.45) is 0 Å². The second-order valence-corrected chi connectivity index (χ2v) is 6.09. The van der Waals surface area contributed by atoms with Crippen LogP contribution in [0.5, 0.6) is 0 Å². The molecule has 0 aromatic heterocycles. The van der Waals surface area contributed by atoms with Gasteiger partial charge in [-0.05, 0) is 24.3 Å². The van der Waals surface area contributed by atoms with E-state index in [1.807, 2.05) is 0 Å². The molecule has 0 saturated carbocycles. The van der Waals surface area contributed by atoms with E-state index in [9.17, 15) is 19.8 Å². The number of aliphatic hydroxyl groups excluding tert-OH is 2. The topological polar surface area (TPSA) is 102 Å². The average Bonchev–Trinajstić information content (AvgIpc) is 3.02. The number of aliphatic hydroxyl groups is 2. The molecule has 142 valence electrons. The predicted molar refractivity (Wildman–Crippen MR) is 94.1 cm³/mol. The van der Waals surface area contributed by atoms with Gasteiger partial charge < -0.3 is 24.4 Å². The summed E-state index contributed by atoms with van der Waals surface area (Å²) in [6, 6.07) is 16.7. The summed E-state index contributed by atoms with van der Waals surface area (Å²) >= 11 is 0. The number of benzene rings is 2. The molecule has 27 heavy (non-hydrogen) atoms. The first-order valence-corrected chi connectivity index (χ1v) is 8.52. The fourth-order valence-corrected chi connectivity index (χ4v) is 2.83. The molecule has 0 unspecified atom stereocenters. The van der Waals surface area contributed by atoms with E-state index in [4.69, 9.17) is 14.2 Å². The molecule has 1 aliphatic rings. The van der Waals surface area contributed by atoms with Gasteiger partial charge >= 0.3 is 11.9 Å². The van der Waals surface area contributed by atoms with E-state index in [-0.39, 0.29) is 6.61 Å². The van der Waals surface area contributed by atoms with Gasteiger partial charge in [-0.3, -0.25) is 0 Å². The fraction of sp³-hybridized carbons (Fsp3) is 0.300. The van der Waals surface area contributed by atoms with E-state index in [1.165, 1.54) is 0 Å². The van der Waals surface area contributed by atoms with Gasteiger partial charge in [0.2, 0.25) is 0 Å². The van der Waals surface area contributed by atoms with Crippen LogP contribution in [0.15, 0.2) is 60.7 Å². The Morgan fingerprint density at radius 1 is 0.889 bits per heavy atom. The monoisotopic (exact) mass is 372 g/mol. The highest BCUT2D eigenvalue weighted by Gasteiger charge is 2.46. The van der Waals surface area contributed by atoms with Crippen LogP contribution in [0.2, 0.25) is 0 Å². The summed E-state index contributed by atoms with van der Waals surface area (Å²) in [4.78, 5) is 24.4. The summed E-state index contributed by atoms with van der Waals surface area (Å²) in [7, 11) is 0. The highest BCUT2D eigenvalue weighted by atomic mass is 16.6. The average molecular weight is 372 g/mol. The van der Waals surface area contributed by atoms with Crippen LogP contribution in [0.25, 0.3) is 0 Å². The number of hydrogen-bond donors (Lipinski definition) is 2. The lowest BCUT2D eigenvalue weighted by molar-refractivity contribution is -0.0505. The Labute approximate surface area is 156 Å². The first kappa shape index (κ1) is 19.0. The minimum absolute atomic E-state index is 0.228. The lowest BCUT2D eigenvalue weighted by atomic mass is 10.1. The van der Waals surface area contributed by atoms with Crippen molar-refractivity contribution in [3.63, 3.8) is 0 Å². The summed E-state index contributed by atoms with van der Waals surface area (Å²) in [5.41, 5.74) is 0.685. The standard InChI is InChI=1S/C20H20O7/c21-11-15-17(22)18(27-20(24)14-9-5-2-6-10-14)16(26-15)12-25-19(23)13-7-3-1-4-8-13/h1-10,15-18,21-22H,11-12H2/t15-,16+,17+,18+/m0/s1. The van der Waals surface area contributed by atoms with Crippen LogP contribution in [0.3, 0.4) is 0 Å². The number of carbonyl (C=O) groups excluding carboxylic acids is 2. The normalized spacial score (nSPS) is 24.4. The lowest BCUT2D eigenvalue weighted by Gasteiger charge is -2.20. The van der Waals surface area contributed by atoms with E-state index in [2.05, 4.69) is 0 Å². The van der Waals surface area contributed by atoms with Crippen LogP contribution < -0.4 is 0 Å². The minimum Gasteiger partial charge on any atom is -0.459 e. The van der Waals surface area contributed by atoms with Crippen molar-refractivity contribution in [2.45, 2.75) is 24.4 Å². The predicted octanol–water partition coefficient (Wildman–Crippen LogP) is 1.19. The molecule has 0 radical (unpaired) electrons. The molecule has 2 N–H and O–H groups in total. The van der Waals surface area contributed by atoms with Crippen molar-refractivity contribution in [2.75, 3.05) is 13.2 Å². The quantitative estimate of drug-likeness (QED) is 0.734. The first-order valence-electron chi connectivity index (χ1n) is 8.52. The van der Waals surface area contributed by atoms with Gasteiger partial charge in [-0.1, -0.05) is 36.4 Å². The third-order valence-corrected chi connectivity index (χ3v) is 4.25. The Morgan fingerprint density at radius 2 is 1.44 bits per heavy atom. The van der Waals surface area contributed by atoms with Crippen LogP contribution in [0.1, 0.15) is 20.7 Å². The number of hydrogen-bond acceptors (Lipinski definition) is 7. The molecular weight excluding hydrogens is 352 g/mol. The van der Waals surface area contributed by atoms with E-state index < -0.39 is 43.0 Å². The summed E-state index contributed by atoms with van der Waals surface area (Å²) in [5, 5.41) is 19.6. The molecule has 2 aromatic carbocycles. The van der Waals surface area contributed by atoms with Crippen LogP contribution in [-0.2, 0) is 14.2 Å². The lowest BCUT2D eigenvalue weighted by Crippen LogP contribution is -2.39. The van der Waals surface area contributed by atoms with Gasteiger partial charge in [-0.2, -0.15) is 0 Å². The first-order chi connectivity index (χ1) is 13.1. The maximum Gasteiger partial charge on any atom is 0.338 e.